The lowest BCUT2D eigenvalue weighted by atomic mass is 10.1. The molecule has 4 rings (SSSR count). The molecule has 1 aliphatic rings. The highest BCUT2D eigenvalue weighted by atomic mass is 35.5. The molecule has 3 aromatic carbocycles. The number of rotatable bonds is 7. The van der Waals surface area contributed by atoms with Crippen molar-refractivity contribution in [2.45, 2.75) is 0 Å². The highest BCUT2D eigenvalue weighted by molar-refractivity contribution is 6.30. The number of amides is 1. The highest BCUT2D eigenvalue weighted by Gasteiger charge is 2.19. The van der Waals surface area contributed by atoms with Gasteiger partial charge in [0.2, 0.25) is 5.91 Å². The van der Waals surface area contributed by atoms with Crippen molar-refractivity contribution in [1.29, 1.82) is 0 Å². The van der Waals surface area contributed by atoms with Crippen LogP contribution >= 0.6 is 11.6 Å². The Bertz CT molecular complexity index is 985. The van der Waals surface area contributed by atoms with E-state index in [1.165, 1.54) is 5.39 Å². The molecule has 0 bridgehead atoms. The molecule has 0 atom stereocenters. The molecule has 0 spiro atoms. The maximum absolute atomic E-state index is 12.5. The first-order valence-corrected chi connectivity index (χ1v) is 10.7. The molecule has 0 saturated carbocycles. The first kappa shape index (κ1) is 20.7. The summed E-state index contributed by atoms with van der Waals surface area (Å²) >= 11 is 5.89. The Morgan fingerprint density at radius 3 is 2.37 bits per heavy atom. The lowest BCUT2D eigenvalue weighted by molar-refractivity contribution is -0.117. The molecule has 1 N–H and O–H groups in total. The van der Waals surface area contributed by atoms with Gasteiger partial charge in [-0.2, -0.15) is 0 Å². The van der Waals surface area contributed by atoms with Crippen LogP contribution in [0.5, 0.6) is 5.75 Å². The number of hydrogen-bond acceptors (Lipinski definition) is 4. The Kier molecular flexibility index (Phi) is 6.84. The van der Waals surface area contributed by atoms with Crippen molar-refractivity contribution in [2.24, 2.45) is 0 Å². The molecule has 0 aromatic heterocycles. The summed E-state index contributed by atoms with van der Waals surface area (Å²) in [6.45, 7) is 5.57. The van der Waals surface area contributed by atoms with Crippen molar-refractivity contribution in [2.75, 3.05) is 51.2 Å². The van der Waals surface area contributed by atoms with Gasteiger partial charge in [0.25, 0.3) is 0 Å². The largest absolute Gasteiger partial charge is 0.492 e. The van der Waals surface area contributed by atoms with E-state index in [-0.39, 0.29) is 5.91 Å². The quantitative estimate of drug-likeness (QED) is 0.620. The van der Waals surface area contributed by atoms with Crippen LogP contribution in [0.1, 0.15) is 0 Å². The van der Waals surface area contributed by atoms with E-state index in [1.54, 1.807) is 0 Å². The third kappa shape index (κ3) is 5.72. The molecular weight excluding hydrogens is 398 g/mol. The SMILES string of the molecule is O=C(CN1CCN(CCOc2ccc(Cl)cc2)CC1)Nc1ccc2ccccc2c1. The highest BCUT2D eigenvalue weighted by Crippen LogP contribution is 2.19. The fourth-order valence-electron chi connectivity index (χ4n) is 3.67. The molecule has 0 radical (unpaired) electrons. The minimum atomic E-state index is 0.0322. The Morgan fingerprint density at radius 1 is 0.900 bits per heavy atom. The van der Waals surface area contributed by atoms with Gasteiger partial charge in [0.15, 0.2) is 0 Å². The van der Waals surface area contributed by atoms with Crippen LogP contribution in [0.4, 0.5) is 5.69 Å². The number of nitrogens with zero attached hydrogens (tertiary/aromatic N) is 2. The van der Waals surface area contributed by atoms with Gasteiger partial charge in [-0.3, -0.25) is 14.6 Å². The van der Waals surface area contributed by atoms with E-state index in [9.17, 15) is 4.79 Å². The minimum Gasteiger partial charge on any atom is -0.492 e. The van der Waals surface area contributed by atoms with Gasteiger partial charge in [-0.25, -0.2) is 0 Å². The number of anilines is 1. The van der Waals surface area contributed by atoms with Crippen molar-refractivity contribution in [3.63, 3.8) is 0 Å². The van der Waals surface area contributed by atoms with Crippen LogP contribution in [0, 0.1) is 0 Å². The fourth-order valence-corrected chi connectivity index (χ4v) is 3.79. The summed E-state index contributed by atoms with van der Waals surface area (Å²) in [7, 11) is 0. The summed E-state index contributed by atoms with van der Waals surface area (Å²) in [6, 6.07) is 21.6. The maximum Gasteiger partial charge on any atom is 0.238 e. The average Bonchev–Trinajstić information content (AvgIpc) is 2.76. The van der Waals surface area contributed by atoms with Gasteiger partial charge in [0.05, 0.1) is 6.54 Å². The molecule has 1 aliphatic heterocycles. The zero-order chi connectivity index (χ0) is 20.8. The molecule has 6 heteroatoms. The number of hydrogen-bond donors (Lipinski definition) is 1. The molecule has 156 valence electrons. The van der Waals surface area contributed by atoms with Crippen LogP contribution in [0.3, 0.4) is 0 Å². The molecule has 30 heavy (non-hydrogen) atoms. The summed E-state index contributed by atoms with van der Waals surface area (Å²) in [5.41, 5.74) is 0.844. The van der Waals surface area contributed by atoms with Gasteiger partial charge in [-0.15, -0.1) is 0 Å². The van der Waals surface area contributed by atoms with Gasteiger partial charge in [-0.05, 0) is 47.2 Å². The van der Waals surface area contributed by atoms with Crippen molar-refractivity contribution < 1.29 is 9.53 Å². The Balaban J connectivity index is 1.17. The van der Waals surface area contributed by atoms with Gasteiger partial charge < -0.3 is 10.1 Å². The standard InChI is InChI=1S/C24H26ClN3O2/c25-21-6-9-23(10-7-21)30-16-15-27-11-13-28(14-12-27)18-24(29)26-22-8-5-19-3-1-2-4-20(19)17-22/h1-10,17H,11-16,18H2,(H,26,29). The number of carbonyl (C=O) groups is 1. The van der Waals surface area contributed by atoms with E-state index in [0.29, 0.717) is 18.2 Å². The van der Waals surface area contributed by atoms with E-state index in [2.05, 4.69) is 27.2 Å². The zero-order valence-electron chi connectivity index (χ0n) is 16.9. The van der Waals surface area contributed by atoms with Crippen LogP contribution in [0.15, 0.2) is 66.7 Å². The fraction of sp³-hybridized carbons (Fsp3) is 0.292. The number of benzene rings is 3. The van der Waals surface area contributed by atoms with Gasteiger partial charge >= 0.3 is 0 Å². The number of halogens is 1. The van der Waals surface area contributed by atoms with Gasteiger partial charge in [-0.1, -0.05) is 41.9 Å². The number of carbonyl (C=O) groups excluding carboxylic acids is 1. The van der Waals surface area contributed by atoms with Crippen LogP contribution in [0.2, 0.25) is 5.02 Å². The van der Waals surface area contributed by atoms with Gasteiger partial charge in [0.1, 0.15) is 12.4 Å². The van der Waals surface area contributed by atoms with E-state index in [1.807, 2.05) is 54.6 Å². The van der Waals surface area contributed by atoms with E-state index >= 15 is 0 Å². The van der Waals surface area contributed by atoms with Crippen LogP contribution in [-0.4, -0.2) is 61.6 Å². The topological polar surface area (TPSA) is 44.8 Å². The Labute approximate surface area is 182 Å². The second-order valence-electron chi connectivity index (χ2n) is 7.53. The first-order chi connectivity index (χ1) is 14.7. The van der Waals surface area contributed by atoms with E-state index in [4.69, 9.17) is 16.3 Å². The Hall–Kier alpha value is -2.60. The van der Waals surface area contributed by atoms with Crippen molar-refractivity contribution in [3.05, 3.63) is 71.8 Å². The summed E-state index contributed by atoms with van der Waals surface area (Å²) in [4.78, 5) is 17.0. The molecule has 5 nitrogen and oxygen atoms in total. The molecule has 0 aliphatic carbocycles. The molecular formula is C24H26ClN3O2. The monoisotopic (exact) mass is 423 g/mol. The van der Waals surface area contributed by atoms with Crippen molar-refractivity contribution >= 4 is 34.0 Å². The first-order valence-electron chi connectivity index (χ1n) is 10.3. The average molecular weight is 424 g/mol. The lowest BCUT2D eigenvalue weighted by Gasteiger charge is -2.34. The smallest absolute Gasteiger partial charge is 0.238 e. The van der Waals surface area contributed by atoms with Crippen LogP contribution < -0.4 is 10.1 Å². The predicted molar refractivity (Wildman–Crippen MR) is 122 cm³/mol. The predicted octanol–water partition coefficient (Wildman–Crippen LogP) is 4.13. The minimum absolute atomic E-state index is 0.0322. The summed E-state index contributed by atoms with van der Waals surface area (Å²) in [5.74, 6) is 0.869. The number of nitrogens with one attached hydrogen (secondary N) is 1. The summed E-state index contributed by atoms with van der Waals surface area (Å²) in [6.07, 6.45) is 0. The zero-order valence-corrected chi connectivity index (χ0v) is 17.6. The molecule has 3 aromatic rings. The summed E-state index contributed by atoms with van der Waals surface area (Å²) in [5, 5.41) is 6.04. The molecule has 0 unspecified atom stereocenters. The van der Waals surface area contributed by atoms with Crippen LogP contribution in [0.25, 0.3) is 10.8 Å². The number of ether oxygens (including phenoxy) is 1. The van der Waals surface area contributed by atoms with E-state index in [0.717, 1.165) is 49.5 Å². The van der Waals surface area contributed by atoms with Crippen molar-refractivity contribution in [1.82, 2.24) is 9.80 Å². The Morgan fingerprint density at radius 2 is 1.60 bits per heavy atom. The lowest BCUT2D eigenvalue weighted by Crippen LogP contribution is -2.49. The van der Waals surface area contributed by atoms with E-state index < -0.39 is 0 Å². The maximum atomic E-state index is 12.5. The number of piperazine rings is 1. The normalized spacial score (nSPS) is 15.2. The third-order valence-electron chi connectivity index (χ3n) is 5.36. The van der Waals surface area contributed by atoms with Crippen molar-refractivity contribution in [3.8, 4) is 5.75 Å². The molecule has 1 heterocycles. The molecule has 1 saturated heterocycles. The molecule has 1 amide bonds. The van der Waals surface area contributed by atoms with Gasteiger partial charge in [0, 0.05) is 43.4 Å². The van der Waals surface area contributed by atoms with Crippen LogP contribution in [-0.2, 0) is 4.79 Å². The second-order valence-corrected chi connectivity index (χ2v) is 7.97. The molecule has 1 fully saturated rings. The third-order valence-corrected chi connectivity index (χ3v) is 5.61. The number of fused-ring (bicyclic) bond motifs is 1. The second kappa shape index (κ2) is 9.94. The summed E-state index contributed by atoms with van der Waals surface area (Å²) < 4.78 is 5.77.